The van der Waals surface area contributed by atoms with Gasteiger partial charge in [0.15, 0.2) is 6.07 Å². The lowest BCUT2D eigenvalue weighted by molar-refractivity contribution is -0.195. The number of alkyl halides is 1. The number of hydrogen-bond donors (Lipinski definition) is 1. The smallest absolute Gasteiger partial charge is 0.444 e. The molecule has 0 heterocycles. The van der Waals surface area contributed by atoms with Gasteiger partial charge in [0.1, 0.15) is 11.2 Å². The summed E-state index contributed by atoms with van der Waals surface area (Å²) >= 11 is 5.35. The van der Waals surface area contributed by atoms with Gasteiger partial charge >= 0.3 is 24.1 Å². The summed E-state index contributed by atoms with van der Waals surface area (Å²) in [4.78, 5) is 53.4. The van der Waals surface area contributed by atoms with E-state index in [-0.39, 0.29) is 18.9 Å². The fourth-order valence-corrected chi connectivity index (χ4v) is 2.14. The van der Waals surface area contributed by atoms with Crippen molar-refractivity contribution in [2.45, 2.75) is 91.5 Å². The van der Waals surface area contributed by atoms with Gasteiger partial charge in [-0.05, 0) is 55.4 Å². The van der Waals surface area contributed by atoms with Crippen LogP contribution in [0.15, 0.2) is 0 Å². The van der Waals surface area contributed by atoms with Gasteiger partial charge in [-0.1, -0.05) is 11.6 Å². The topological polar surface area (TPSA) is 120 Å². The molecule has 2 unspecified atom stereocenters. The Morgan fingerprint density at radius 2 is 1.43 bits per heavy atom. The number of carbonyl (C=O) groups is 4. The molecule has 0 aliphatic rings. The van der Waals surface area contributed by atoms with Crippen LogP contribution < -0.4 is 5.32 Å². The summed E-state index contributed by atoms with van der Waals surface area (Å²) in [5.74, 6) is -1.50. The molecular weight excluding hydrogens is 420 g/mol. The van der Waals surface area contributed by atoms with Crippen LogP contribution in [0.25, 0.3) is 0 Å². The van der Waals surface area contributed by atoms with E-state index in [9.17, 15) is 19.2 Å². The normalized spacial score (nSPS) is 13.5. The summed E-state index contributed by atoms with van der Waals surface area (Å²) in [6, 6.07) is -1.86. The molecule has 0 rings (SSSR count). The maximum Gasteiger partial charge on any atom is 0.444 e. The van der Waals surface area contributed by atoms with E-state index in [1.54, 1.807) is 48.5 Å². The first-order valence-corrected chi connectivity index (χ1v) is 10.0. The molecule has 0 bridgehead atoms. The monoisotopic (exact) mass is 452 g/mol. The third kappa shape index (κ3) is 13.1. The quantitative estimate of drug-likeness (QED) is 0.269. The molecule has 11 heteroatoms. The van der Waals surface area contributed by atoms with Crippen LogP contribution in [0, 0.1) is 0 Å². The maximum absolute atomic E-state index is 12.5. The highest BCUT2D eigenvalue weighted by atomic mass is 35.5. The predicted octanol–water partition coefficient (Wildman–Crippen LogP) is 3.50. The highest BCUT2D eigenvalue weighted by molar-refractivity contribution is 6.17. The number of hydroxylamine groups is 2. The molecule has 0 saturated heterocycles. The molecule has 0 radical (unpaired) electrons. The van der Waals surface area contributed by atoms with Crippen molar-refractivity contribution < 1.29 is 38.2 Å². The highest BCUT2D eigenvalue weighted by Crippen LogP contribution is 2.16. The number of ether oxygens (including phenoxy) is 3. The van der Waals surface area contributed by atoms with E-state index < -0.39 is 47.4 Å². The number of alkyl carbamates (subject to hydrolysis) is 1. The van der Waals surface area contributed by atoms with Gasteiger partial charge in [-0.25, -0.2) is 14.4 Å². The SMILES string of the molecule is CC(CC(=O)ON(C(=O)OC(C)(C)C)C(C)CC(=O)OCCl)NC(=O)OC(C)(C)C. The Kier molecular flexibility index (Phi) is 10.9. The number of amides is 2. The summed E-state index contributed by atoms with van der Waals surface area (Å²) in [5.41, 5.74) is -1.55. The van der Waals surface area contributed by atoms with Gasteiger partial charge in [-0.15, -0.1) is 5.06 Å². The van der Waals surface area contributed by atoms with Crippen molar-refractivity contribution in [3.63, 3.8) is 0 Å². The fourth-order valence-electron chi connectivity index (χ4n) is 2.01. The van der Waals surface area contributed by atoms with Crippen molar-refractivity contribution in [2.24, 2.45) is 0 Å². The lowest BCUT2D eigenvalue weighted by Crippen LogP contribution is -2.45. The Balaban J connectivity index is 5.06. The van der Waals surface area contributed by atoms with Crippen LogP contribution in [0.2, 0.25) is 0 Å². The zero-order valence-corrected chi connectivity index (χ0v) is 19.6. The molecule has 0 aromatic carbocycles. The zero-order valence-electron chi connectivity index (χ0n) is 18.9. The molecule has 1 N–H and O–H groups in total. The molecule has 2 atom stereocenters. The number of nitrogens with zero attached hydrogens (tertiary/aromatic N) is 1. The van der Waals surface area contributed by atoms with Gasteiger partial charge in [-0.3, -0.25) is 4.79 Å². The van der Waals surface area contributed by atoms with Gasteiger partial charge in [0.05, 0.1) is 18.9 Å². The van der Waals surface area contributed by atoms with E-state index in [0.29, 0.717) is 5.06 Å². The number of halogens is 1. The molecule has 0 spiro atoms. The Hall–Kier alpha value is -2.23. The molecule has 0 fully saturated rings. The first-order valence-electron chi connectivity index (χ1n) is 9.48. The van der Waals surface area contributed by atoms with Crippen LogP contribution >= 0.6 is 11.6 Å². The third-order valence-electron chi connectivity index (χ3n) is 3.09. The zero-order chi connectivity index (χ0) is 23.7. The summed E-state index contributed by atoms with van der Waals surface area (Å²) in [6.07, 6.45) is -2.17. The van der Waals surface area contributed by atoms with E-state index in [2.05, 4.69) is 10.1 Å². The maximum atomic E-state index is 12.5. The van der Waals surface area contributed by atoms with Gasteiger partial charge in [0.2, 0.25) is 0 Å². The average Bonchev–Trinajstić information content (AvgIpc) is 2.48. The minimum atomic E-state index is -0.949. The minimum absolute atomic E-state index is 0.253. The van der Waals surface area contributed by atoms with Crippen LogP contribution in [0.1, 0.15) is 68.2 Å². The molecule has 2 amide bonds. The van der Waals surface area contributed by atoms with Gasteiger partial charge in [0, 0.05) is 6.04 Å². The molecule has 30 heavy (non-hydrogen) atoms. The second-order valence-electron chi connectivity index (χ2n) is 8.70. The molecule has 0 aromatic rings. The second-order valence-corrected chi connectivity index (χ2v) is 8.92. The summed E-state index contributed by atoms with van der Waals surface area (Å²) < 4.78 is 15.0. The molecule has 174 valence electrons. The Morgan fingerprint density at radius 1 is 0.900 bits per heavy atom. The number of nitrogens with one attached hydrogen (secondary N) is 1. The van der Waals surface area contributed by atoms with Crippen molar-refractivity contribution in [1.29, 1.82) is 0 Å². The van der Waals surface area contributed by atoms with E-state index >= 15 is 0 Å². The first kappa shape index (κ1) is 27.8. The highest BCUT2D eigenvalue weighted by Gasteiger charge is 2.32. The molecule has 0 aromatic heterocycles. The van der Waals surface area contributed by atoms with Gasteiger partial charge < -0.3 is 24.4 Å². The van der Waals surface area contributed by atoms with Crippen molar-refractivity contribution in [3.8, 4) is 0 Å². The Labute approximate surface area is 182 Å². The van der Waals surface area contributed by atoms with E-state index in [1.165, 1.54) is 6.92 Å². The Morgan fingerprint density at radius 3 is 1.90 bits per heavy atom. The number of hydrogen-bond acceptors (Lipinski definition) is 8. The number of esters is 1. The minimum Gasteiger partial charge on any atom is -0.449 e. The standard InChI is InChI=1S/C19H33ClN2O8/c1-12(21-16(25)28-18(3,4)5)9-15(24)30-22(17(26)29-19(6,7)8)13(2)10-14(23)27-11-20/h12-13H,9-11H2,1-8H3,(H,21,25). The largest absolute Gasteiger partial charge is 0.449 e. The first-order chi connectivity index (χ1) is 13.5. The number of rotatable bonds is 7. The number of carbonyl (C=O) groups excluding carboxylic acids is 4. The lowest BCUT2D eigenvalue weighted by atomic mass is 10.2. The van der Waals surface area contributed by atoms with Crippen molar-refractivity contribution in [3.05, 3.63) is 0 Å². The van der Waals surface area contributed by atoms with Crippen LogP contribution in [0.4, 0.5) is 9.59 Å². The predicted molar refractivity (Wildman–Crippen MR) is 109 cm³/mol. The fraction of sp³-hybridized carbons (Fsp3) is 0.789. The Bertz CT molecular complexity index is 613. The molecule has 10 nitrogen and oxygen atoms in total. The van der Waals surface area contributed by atoms with Gasteiger partial charge in [0.25, 0.3) is 0 Å². The second kappa shape index (κ2) is 11.8. The van der Waals surface area contributed by atoms with Crippen LogP contribution in [0.5, 0.6) is 0 Å². The molecule has 0 aliphatic heterocycles. The van der Waals surface area contributed by atoms with Crippen LogP contribution in [-0.4, -0.2) is 58.5 Å². The van der Waals surface area contributed by atoms with Crippen LogP contribution in [-0.2, 0) is 28.6 Å². The summed E-state index contributed by atoms with van der Waals surface area (Å²) in [7, 11) is 0. The summed E-state index contributed by atoms with van der Waals surface area (Å²) in [6.45, 7) is 13.1. The van der Waals surface area contributed by atoms with Crippen LogP contribution in [0.3, 0.4) is 0 Å². The van der Waals surface area contributed by atoms with E-state index in [4.69, 9.17) is 25.9 Å². The van der Waals surface area contributed by atoms with Crippen molar-refractivity contribution >= 4 is 35.7 Å². The molecule has 0 saturated carbocycles. The molecule has 0 aliphatic carbocycles. The molecular formula is C19H33ClN2O8. The van der Waals surface area contributed by atoms with Gasteiger partial charge in [-0.2, -0.15) is 0 Å². The van der Waals surface area contributed by atoms with Crippen molar-refractivity contribution in [1.82, 2.24) is 10.4 Å². The van der Waals surface area contributed by atoms with Crippen molar-refractivity contribution in [2.75, 3.05) is 6.07 Å². The van der Waals surface area contributed by atoms with E-state index in [0.717, 1.165) is 0 Å². The summed E-state index contributed by atoms with van der Waals surface area (Å²) in [5, 5.41) is 3.17. The lowest BCUT2D eigenvalue weighted by Gasteiger charge is -2.30. The average molecular weight is 453 g/mol. The third-order valence-corrected chi connectivity index (χ3v) is 3.20. The van der Waals surface area contributed by atoms with E-state index in [1.807, 2.05) is 0 Å².